The number of hydrogen-bond acceptors (Lipinski definition) is 3. The maximum absolute atomic E-state index is 13.5. The molecule has 1 aromatic rings. The monoisotopic (exact) mass is 280 g/mol. The van der Waals surface area contributed by atoms with E-state index in [1.807, 2.05) is 5.01 Å². The molecule has 20 heavy (non-hydrogen) atoms. The average molecular weight is 280 g/mol. The molecule has 0 N–H and O–H groups in total. The first-order chi connectivity index (χ1) is 9.58. The second-order valence-corrected chi connectivity index (χ2v) is 5.32. The quantitative estimate of drug-likeness (QED) is 0.795. The number of hydrogen-bond donors (Lipinski definition) is 0. The van der Waals surface area contributed by atoms with Crippen molar-refractivity contribution in [3.63, 3.8) is 0 Å². The van der Waals surface area contributed by atoms with Gasteiger partial charge in [0.15, 0.2) is 0 Å². The SMILES string of the molecule is CC(=O)N(OCc1ccccc1F)N1CCCC(C)C1. The Morgan fingerprint density at radius 1 is 1.50 bits per heavy atom. The number of rotatable bonds is 4. The first-order valence-electron chi connectivity index (χ1n) is 7.00. The fourth-order valence-corrected chi connectivity index (χ4v) is 2.45. The molecule has 1 amide bonds. The second kappa shape index (κ2) is 6.81. The Morgan fingerprint density at radius 3 is 2.90 bits per heavy atom. The molecular weight excluding hydrogens is 259 g/mol. The maximum Gasteiger partial charge on any atom is 0.258 e. The number of carbonyl (C=O) groups excluding carboxylic acids is 1. The highest BCUT2D eigenvalue weighted by molar-refractivity contribution is 5.71. The Hall–Kier alpha value is -1.46. The van der Waals surface area contributed by atoms with Gasteiger partial charge in [0.05, 0.1) is 0 Å². The van der Waals surface area contributed by atoms with Crippen LogP contribution in [0.1, 0.15) is 32.3 Å². The standard InChI is InChI=1S/C15H21FN2O2/c1-12-6-5-9-17(10-12)18(13(2)19)20-11-14-7-3-4-8-15(14)16/h3-4,7-8,12H,5-6,9-11H2,1-2H3. The van der Waals surface area contributed by atoms with Crippen molar-refractivity contribution in [3.05, 3.63) is 35.6 Å². The van der Waals surface area contributed by atoms with Gasteiger partial charge >= 0.3 is 0 Å². The van der Waals surface area contributed by atoms with Crippen LogP contribution in [0.4, 0.5) is 4.39 Å². The number of halogens is 1. The maximum atomic E-state index is 13.5. The Balaban J connectivity index is 1.99. The zero-order chi connectivity index (χ0) is 14.5. The van der Waals surface area contributed by atoms with E-state index in [9.17, 15) is 9.18 Å². The molecule has 0 bridgehead atoms. The molecule has 0 saturated carbocycles. The molecule has 1 aromatic carbocycles. The van der Waals surface area contributed by atoms with Gasteiger partial charge in [0.25, 0.3) is 5.91 Å². The molecule has 1 saturated heterocycles. The third-order valence-corrected chi connectivity index (χ3v) is 3.46. The largest absolute Gasteiger partial charge is 0.271 e. The van der Waals surface area contributed by atoms with E-state index >= 15 is 0 Å². The number of piperidine rings is 1. The van der Waals surface area contributed by atoms with Crippen LogP contribution in [0, 0.1) is 11.7 Å². The van der Waals surface area contributed by atoms with Gasteiger partial charge in [-0.2, -0.15) is 5.01 Å². The zero-order valence-electron chi connectivity index (χ0n) is 12.0. The van der Waals surface area contributed by atoms with Crippen LogP contribution < -0.4 is 0 Å². The highest BCUT2D eigenvalue weighted by Gasteiger charge is 2.25. The Kier molecular flexibility index (Phi) is 5.09. The Labute approximate surface area is 119 Å². The molecule has 110 valence electrons. The summed E-state index contributed by atoms with van der Waals surface area (Å²) in [4.78, 5) is 17.2. The molecule has 1 aliphatic heterocycles. The van der Waals surface area contributed by atoms with Crippen molar-refractivity contribution in [2.75, 3.05) is 13.1 Å². The van der Waals surface area contributed by atoms with E-state index in [1.165, 1.54) is 18.2 Å². The molecule has 1 unspecified atom stereocenters. The molecule has 1 fully saturated rings. The van der Waals surface area contributed by atoms with E-state index in [1.54, 1.807) is 18.2 Å². The summed E-state index contributed by atoms with van der Waals surface area (Å²) < 4.78 is 13.5. The summed E-state index contributed by atoms with van der Waals surface area (Å²) in [6, 6.07) is 6.43. The van der Waals surface area contributed by atoms with Gasteiger partial charge < -0.3 is 0 Å². The van der Waals surface area contributed by atoms with E-state index in [0.29, 0.717) is 11.5 Å². The lowest BCUT2D eigenvalue weighted by Gasteiger charge is -2.37. The molecule has 4 nitrogen and oxygen atoms in total. The first kappa shape index (κ1) is 14.9. The van der Waals surface area contributed by atoms with Crippen molar-refractivity contribution in [2.45, 2.75) is 33.3 Å². The van der Waals surface area contributed by atoms with Crippen LogP contribution in [0.3, 0.4) is 0 Å². The Morgan fingerprint density at radius 2 is 2.25 bits per heavy atom. The molecular formula is C15H21FN2O2. The Bertz CT molecular complexity index is 467. The minimum absolute atomic E-state index is 0.0527. The van der Waals surface area contributed by atoms with E-state index in [4.69, 9.17) is 4.84 Å². The van der Waals surface area contributed by atoms with Gasteiger partial charge in [-0.15, -0.1) is 5.17 Å². The summed E-state index contributed by atoms with van der Waals surface area (Å²) in [6.45, 7) is 5.25. The van der Waals surface area contributed by atoms with E-state index < -0.39 is 0 Å². The van der Waals surface area contributed by atoms with Crippen molar-refractivity contribution in [3.8, 4) is 0 Å². The minimum Gasteiger partial charge on any atom is -0.271 e. The highest BCUT2D eigenvalue weighted by atomic mass is 19.1. The lowest BCUT2D eigenvalue weighted by molar-refractivity contribution is -0.280. The molecule has 5 heteroatoms. The van der Waals surface area contributed by atoms with E-state index in [0.717, 1.165) is 25.9 Å². The summed E-state index contributed by atoms with van der Waals surface area (Å²) in [7, 11) is 0. The van der Waals surface area contributed by atoms with Crippen LogP contribution in [-0.2, 0) is 16.2 Å². The van der Waals surface area contributed by atoms with Crippen molar-refractivity contribution in [2.24, 2.45) is 5.92 Å². The third-order valence-electron chi connectivity index (χ3n) is 3.46. The fourth-order valence-electron chi connectivity index (χ4n) is 2.45. The number of nitrogens with zero attached hydrogens (tertiary/aromatic N) is 2. The average Bonchev–Trinajstić information content (AvgIpc) is 2.41. The van der Waals surface area contributed by atoms with Crippen molar-refractivity contribution in [1.29, 1.82) is 0 Å². The van der Waals surface area contributed by atoms with Crippen LogP contribution in [0.25, 0.3) is 0 Å². The second-order valence-electron chi connectivity index (χ2n) is 5.32. The zero-order valence-corrected chi connectivity index (χ0v) is 12.0. The van der Waals surface area contributed by atoms with Gasteiger partial charge in [0.1, 0.15) is 12.4 Å². The van der Waals surface area contributed by atoms with Gasteiger partial charge in [0.2, 0.25) is 0 Å². The topological polar surface area (TPSA) is 32.8 Å². The van der Waals surface area contributed by atoms with E-state index in [2.05, 4.69) is 6.92 Å². The van der Waals surface area contributed by atoms with E-state index in [-0.39, 0.29) is 18.3 Å². The summed E-state index contributed by atoms with van der Waals surface area (Å²) in [6.07, 6.45) is 2.20. The summed E-state index contributed by atoms with van der Waals surface area (Å²) in [5, 5.41) is 3.18. The van der Waals surface area contributed by atoms with Gasteiger partial charge in [-0.25, -0.2) is 4.39 Å². The molecule has 2 rings (SSSR count). The van der Waals surface area contributed by atoms with Crippen molar-refractivity contribution in [1.82, 2.24) is 10.2 Å². The molecule has 0 aromatic heterocycles. The number of benzene rings is 1. The molecule has 0 spiro atoms. The molecule has 1 atom stereocenters. The molecule has 1 heterocycles. The number of hydroxylamine groups is 1. The summed E-state index contributed by atoms with van der Waals surface area (Å²) >= 11 is 0. The number of hydrazine groups is 1. The summed E-state index contributed by atoms with van der Waals surface area (Å²) in [5.41, 5.74) is 0.448. The smallest absolute Gasteiger partial charge is 0.258 e. The van der Waals surface area contributed by atoms with Crippen molar-refractivity contribution >= 4 is 5.91 Å². The molecule has 1 aliphatic rings. The van der Waals surface area contributed by atoms with Crippen LogP contribution in [0.5, 0.6) is 0 Å². The molecule has 0 radical (unpaired) electrons. The lowest BCUT2D eigenvalue weighted by Crippen LogP contribution is -2.49. The predicted octanol–water partition coefficient (Wildman–Crippen LogP) is 2.75. The van der Waals surface area contributed by atoms with Gasteiger partial charge in [-0.1, -0.05) is 25.1 Å². The fraction of sp³-hybridized carbons (Fsp3) is 0.533. The number of amides is 1. The van der Waals surface area contributed by atoms with Crippen LogP contribution in [0.2, 0.25) is 0 Å². The van der Waals surface area contributed by atoms with Gasteiger partial charge in [0, 0.05) is 25.6 Å². The lowest BCUT2D eigenvalue weighted by atomic mass is 10.0. The molecule has 0 aliphatic carbocycles. The van der Waals surface area contributed by atoms with Crippen LogP contribution >= 0.6 is 0 Å². The number of carbonyl (C=O) groups is 1. The van der Waals surface area contributed by atoms with Gasteiger partial charge in [-0.3, -0.25) is 9.63 Å². The first-order valence-corrected chi connectivity index (χ1v) is 7.00. The van der Waals surface area contributed by atoms with Gasteiger partial charge in [-0.05, 0) is 24.8 Å². The van der Waals surface area contributed by atoms with Crippen LogP contribution in [0.15, 0.2) is 24.3 Å². The third kappa shape index (κ3) is 3.77. The van der Waals surface area contributed by atoms with Crippen molar-refractivity contribution < 1.29 is 14.0 Å². The highest BCUT2D eigenvalue weighted by Crippen LogP contribution is 2.19. The normalized spacial score (nSPS) is 19.9. The van der Waals surface area contributed by atoms with Crippen LogP contribution in [-0.4, -0.2) is 29.2 Å². The predicted molar refractivity (Wildman–Crippen MR) is 73.7 cm³/mol. The minimum atomic E-state index is -0.317. The summed E-state index contributed by atoms with van der Waals surface area (Å²) in [5.74, 6) is 0.0288.